The van der Waals surface area contributed by atoms with E-state index in [1.165, 1.54) is 4.31 Å². The second kappa shape index (κ2) is 9.51. The van der Waals surface area contributed by atoms with Gasteiger partial charge >= 0.3 is 0 Å². The predicted molar refractivity (Wildman–Crippen MR) is 124 cm³/mol. The Morgan fingerprint density at radius 2 is 1.69 bits per heavy atom. The van der Waals surface area contributed by atoms with Gasteiger partial charge in [0.05, 0.1) is 18.0 Å². The Hall–Kier alpha value is -1.93. The van der Waals surface area contributed by atoms with E-state index in [1.54, 1.807) is 12.1 Å². The minimum atomic E-state index is -3.55. The summed E-state index contributed by atoms with van der Waals surface area (Å²) in [5.74, 6) is -0.0688. The SMILES string of the molecule is Cc1ccc(S(=O)(=O)N2CCC(C(=O)N3CCOC(c4ccc(Cl)cc4)C3)CC2)cc1C. The lowest BCUT2D eigenvalue weighted by atomic mass is 9.96. The molecular formula is C24H29ClN2O4S. The van der Waals surface area contributed by atoms with E-state index in [0.29, 0.717) is 55.5 Å². The number of sulfonamides is 1. The number of carbonyl (C=O) groups excluding carboxylic acids is 1. The Kier molecular flexibility index (Phi) is 6.91. The lowest BCUT2D eigenvalue weighted by molar-refractivity contribution is -0.144. The van der Waals surface area contributed by atoms with Crippen LogP contribution in [-0.2, 0) is 19.6 Å². The van der Waals surface area contributed by atoms with Gasteiger partial charge in [0, 0.05) is 30.6 Å². The Balaban J connectivity index is 1.37. The fraction of sp³-hybridized carbons (Fsp3) is 0.458. The number of hydrogen-bond acceptors (Lipinski definition) is 4. The molecule has 0 N–H and O–H groups in total. The molecule has 2 aliphatic heterocycles. The van der Waals surface area contributed by atoms with Crippen LogP contribution in [0.1, 0.15) is 35.6 Å². The maximum atomic E-state index is 13.2. The average Bonchev–Trinajstić information content (AvgIpc) is 2.81. The maximum absolute atomic E-state index is 13.2. The van der Waals surface area contributed by atoms with Crippen LogP contribution in [0.4, 0.5) is 0 Å². The molecule has 1 unspecified atom stereocenters. The lowest BCUT2D eigenvalue weighted by Crippen LogP contribution is -2.48. The fourth-order valence-electron chi connectivity index (χ4n) is 4.35. The molecule has 2 heterocycles. The molecule has 1 amide bonds. The highest BCUT2D eigenvalue weighted by Crippen LogP contribution is 2.29. The van der Waals surface area contributed by atoms with E-state index in [4.69, 9.17) is 16.3 Å². The van der Waals surface area contributed by atoms with Gasteiger partial charge in [-0.1, -0.05) is 29.8 Å². The standard InChI is InChI=1S/C24H29ClN2O4S/c1-17-3-8-22(15-18(17)2)32(29,30)27-11-9-20(10-12-27)24(28)26-13-14-31-23(16-26)19-4-6-21(25)7-5-19/h3-8,15,20,23H,9-14,16H2,1-2H3. The molecule has 0 radical (unpaired) electrons. The Bertz CT molecular complexity index is 1080. The van der Waals surface area contributed by atoms with Gasteiger partial charge in [0.2, 0.25) is 15.9 Å². The third-order valence-electron chi connectivity index (χ3n) is 6.54. The van der Waals surface area contributed by atoms with Gasteiger partial charge in [-0.05, 0) is 67.6 Å². The summed E-state index contributed by atoms with van der Waals surface area (Å²) in [6, 6.07) is 12.7. The van der Waals surface area contributed by atoms with Gasteiger partial charge in [-0.15, -0.1) is 0 Å². The fourth-order valence-corrected chi connectivity index (χ4v) is 6.03. The number of rotatable bonds is 4. The third kappa shape index (κ3) is 4.86. The highest BCUT2D eigenvalue weighted by Gasteiger charge is 2.35. The van der Waals surface area contributed by atoms with Crippen molar-refractivity contribution in [3.8, 4) is 0 Å². The van der Waals surface area contributed by atoms with Crippen LogP contribution >= 0.6 is 11.6 Å². The molecule has 172 valence electrons. The molecule has 0 aliphatic carbocycles. The number of hydrogen-bond donors (Lipinski definition) is 0. The van der Waals surface area contributed by atoms with E-state index < -0.39 is 10.0 Å². The molecular weight excluding hydrogens is 448 g/mol. The van der Waals surface area contributed by atoms with Crippen molar-refractivity contribution in [2.45, 2.75) is 37.7 Å². The van der Waals surface area contributed by atoms with E-state index in [0.717, 1.165) is 16.7 Å². The summed E-state index contributed by atoms with van der Waals surface area (Å²) in [6.45, 7) is 6.14. The zero-order valence-corrected chi connectivity index (χ0v) is 20.0. The second-order valence-corrected chi connectivity index (χ2v) is 11.0. The van der Waals surface area contributed by atoms with Crippen LogP contribution in [0.25, 0.3) is 0 Å². The van der Waals surface area contributed by atoms with E-state index in [2.05, 4.69) is 0 Å². The number of morpholine rings is 1. The highest BCUT2D eigenvalue weighted by atomic mass is 35.5. The summed E-state index contributed by atoms with van der Waals surface area (Å²) < 4.78 is 33.5. The number of aryl methyl sites for hydroxylation is 2. The number of piperidine rings is 1. The summed E-state index contributed by atoms with van der Waals surface area (Å²) in [5.41, 5.74) is 3.02. The van der Waals surface area contributed by atoms with Crippen LogP contribution in [0.3, 0.4) is 0 Å². The molecule has 8 heteroatoms. The van der Waals surface area contributed by atoms with Crippen molar-refractivity contribution >= 4 is 27.5 Å². The minimum absolute atomic E-state index is 0.0930. The first-order valence-electron chi connectivity index (χ1n) is 11.0. The first kappa shape index (κ1) is 23.2. The topological polar surface area (TPSA) is 66.9 Å². The van der Waals surface area contributed by atoms with Crippen LogP contribution in [-0.4, -0.2) is 56.3 Å². The molecule has 2 fully saturated rings. The largest absolute Gasteiger partial charge is 0.370 e. The molecule has 1 atom stereocenters. The van der Waals surface area contributed by atoms with E-state index in [1.807, 2.05) is 49.1 Å². The lowest BCUT2D eigenvalue weighted by Gasteiger charge is -2.37. The number of nitrogens with zero attached hydrogens (tertiary/aromatic N) is 2. The molecule has 0 bridgehead atoms. The van der Waals surface area contributed by atoms with Crippen LogP contribution in [0, 0.1) is 19.8 Å². The third-order valence-corrected chi connectivity index (χ3v) is 8.69. The van der Waals surface area contributed by atoms with Crippen molar-refractivity contribution in [3.63, 3.8) is 0 Å². The van der Waals surface area contributed by atoms with Crippen molar-refractivity contribution in [2.24, 2.45) is 5.92 Å². The first-order chi connectivity index (χ1) is 15.3. The summed E-state index contributed by atoms with van der Waals surface area (Å²) >= 11 is 5.98. The van der Waals surface area contributed by atoms with Gasteiger partial charge in [-0.2, -0.15) is 4.31 Å². The molecule has 32 heavy (non-hydrogen) atoms. The number of carbonyl (C=O) groups is 1. The highest BCUT2D eigenvalue weighted by molar-refractivity contribution is 7.89. The molecule has 4 rings (SSSR count). The summed E-state index contributed by atoms with van der Waals surface area (Å²) in [4.78, 5) is 15.4. The first-order valence-corrected chi connectivity index (χ1v) is 12.8. The number of ether oxygens (including phenoxy) is 1. The average molecular weight is 477 g/mol. The van der Waals surface area contributed by atoms with Crippen molar-refractivity contribution in [3.05, 3.63) is 64.2 Å². The molecule has 2 aromatic rings. The number of halogens is 1. The molecule has 2 aromatic carbocycles. The van der Waals surface area contributed by atoms with Crippen molar-refractivity contribution in [1.29, 1.82) is 0 Å². The van der Waals surface area contributed by atoms with Gasteiger partial charge in [0.25, 0.3) is 0 Å². The molecule has 0 aromatic heterocycles. The van der Waals surface area contributed by atoms with Crippen LogP contribution < -0.4 is 0 Å². The predicted octanol–water partition coefficient (Wildman–Crippen LogP) is 3.96. The molecule has 0 spiro atoms. The van der Waals surface area contributed by atoms with Gasteiger partial charge in [-0.3, -0.25) is 4.79 Å². The zero-order valence-electron chi connectivity index (χ0n) is 18.5. The van der Waals surface area contributed by atoms with Crippen LogP contribution in [0.15, 0.2) is 47.4 Å². The summed E-state index contributed by atoms with van der Waals surface area (Å²) in [6.07, 6.45) is 0.896. The van der Waals surface area contributed by atoms with Gasteiger partial charge in [-0.25, -0.2) is 8.42 Å². The number of amides is 1. The number of benzene rings is 2. The zero-order chi connectivity index (χ0) is 22.9. The van der Waals surface area contributed by atoms with Crippen molar-refractivity contribution in [2.75, 3.05) is 32.8 Å². The molecule has 2 aliphatic rings. The smallest absolute Gasteiger partial charge is 0.243 e. The van der Waals surface area contributed by atoms with E-state index in [9.17, 15) is 13.2 Å². The molecule has 6 nitrogen and oxygen atoms in total. The van der Waals surface area contributed by atoms with Crippen molar-refractivity contribution in [1.82, 2.24) is 9.21 Å². The summed E-state index contributed by atoms with van der Waals surface area (Å²) in [5, 5.41) is 0.667. The van der Waals surface area contributed by atoms with Gasteiger partial charge < -0.3 is 9.64 Å². The second-order valence-electron chi connectivity index (χ2n) is 8.62. The Labute approximate surface area is 195 Å². The molecule has 2 saturated heterocycles. The normalized spacial score (nSPS) is 21.0. The Morgan fingerprint density at radius 1 is 1.00 bits per heavy atom. The van der Waals surface area contributed by atoms with Crippen LogP contribution in [0.5, 0.6) is 0 Å². The summed E-state index contributed by atoms with van der Waals surface area (Å²) in [7, 11) is -3.55. The monoisotopic (exact) mass is 476 g/mol. The van der Waals surface area contributed by atoms with Gasteiger partial charge in [0.1, 0.15) is 6.10 Å². The van der Waals surface area contributed by atoms with Gasteiger partial charge in [0.15, 0.2) is 0 Å². The van der Waals surface area contributed by atoms with Crippen LogP contribution in [0.2, 0.25) is 5.02 Å². The van der Waals surface area contributed by atoms with Crippen molar-refractivity contribution < 1.29 is 17.9 Å². The minimum Gasteiger partial charge on any atom is -0.370 e. The Morgan fingerprint density at radius 3 is 2.34 bits per heavy atom. The quantitative estimate of drug-likeness (QED) is 0.670. The van der Waals surface area contributed by atoms with E-state index in [-0.39, 0.29) is 17.9 Å². The maximum Gasteiger partial charge on any atom is 0.243 e. The molecule has 0 saturated carbocycles. The van der Waals surface area contributed by atoms with E-state index >= 15 is 0 Å².